The molecule has 0 bridgehead atoms. The summed E-state index contributed by atoms with van der Waals surface area (Å²) in [5.41, 5.74) is 4.35. The molecule has 5 nitrogen and oxygen atoms in total. The van der Waals surface area contributed by atoms with E-state index in [4.69, 9.17) is 14.7 Å². The van der Waals surface area contributed by atoms with Crippen molar-refractivity contribution in [2.75, 3.05) is 13.2 Å². The van der Waals surface area contributed by atoms with Gasteiger partial charge in [-0.25, -0.2) is 15.0 Å². The fraction of sp³-hybridized carbons (Fsp3) is 0.556. The third-order valence-electron chi connectivity index (χ3n) is 6.62. The molecule has 0 radical (unpaired) electrons. The highest BCUT2D eigenvalue weighted by Crippen LogP contribution is 2.41. The molecule has 2 aromatic rings. The van der Waals surface area contributed by atoms with E-state index in [1.807, 2.05) is 0 Å². The molecule has 4 rings (SSSR count). The lowest BCUT2D eigenvalue weighted by Gasteiger charge is -2.28. The third kappa shape index (κ3) is 5.24. The Labute approximate surface area is 192 Å². The minimum Gasteiger partial charge on any atom is -0.380 e. The zero-order valence-electron chi connectivity index (χ0n) is 19.8. The van der Waals surface area contributed by atoms with Crippen LogP contribution in [-0.2, 0) is 11.2 Å². The van der Waals surface area contributed by atoms with E-state index >= 15 is 0 Å². The summed E-state index contributed by atoms with van der Waals surface area (Å²) >= 11 is 0. The topological polar surface area (TPSA) is 60.3 Å². The largest absolute Gasteiger partial charge is 0.380 e. The molecule has 5 heteroatoms. The minimum atomic E-state index is -0.0618. The van der Waals surface area contributed by atoms with Gasteiger partial charge in [-0.3, -0.25) is 4.99 Å². The van der Waals surface area contributed by atoms with Crippen LogP contribution in [0, 0.1) is 17.3 Å². The van der Waals surface area contributed by atoms with E-state index in [1.165, 1.54) is 5.56 Å². The highest BCUT2D eigenvalue weighted by Gasteiger charge is 2.29. The van der Waals surface area contributed by atoms with Crippen LogP contribution >= 0.6 is 0 Å². The van der Waals surface area contributed by atoms with E-state index < -0.39 is 0 Å². The van der Waals surface area contributed by atoms with Crippen molar-refractivity contribution in [1.82, 2.24) is 15.0 Å². The van der Waals surface area contributed by atoms with E-state index in [-0.39, 0.29) is 17.3 Å². The molecule has 1 fully saturated rings. The van der Waals surface area contributed by atoms with Crippen molar-refractivity contribution in [1.29, 1.82) is 0 Å². The van der Waals surface area contributed by atoms with Crippen molar-refractivity contribution in [2.24, 2.45) is 10.4 Å². The van der Waals surface area contributed by atoms with Gasteiger partial charge in [-0.15, -0.1) is 0 Å². The smallest absolute Gasteiger partial charge is 0.136 e. The maximum atomic E-state index is 5.67. The van der Waals surface area contributed by atoms with Crippen LogP contribution in [0.2, 0.25) is 0 Å². The number of hydrogen-bond acceptors (Lipinski definition) is 5. The number of fused-ring (bicyclic) bond motifs is 1. The highest BCUT2D eigenvalue weighted by molar-refractivity contribution is 5.86. The first kappa shape index (κ1) is 22.6. The maximum absolute atomic E-state index is 5.67. The molecule has 1 saturated heterocycles. The zero-order chi connectivity index (χ0) is 22.6. The van der Waals surface area contributed by atoms with E-state index in [9.17, 15) is 0 Å². The lowest BCUT2D eigenvalue weighted by atomic mass is 9.83. The first-order chi connectivity index (χ1) is 15.5. The Balaban J connectivity index is 1.64. The summed E-state index contributed by atoms with van der Waals surface area (Å²) < 4.78 is 5.67. The van der Waals surface area contributed by atoms with E-state index in [0.717, 1.165) is 73.7 Å². The van der Waals surface area contributed by atoms with Gasteiger partial charge in [0.05, 0.1) is 17.7 Å². The van der Waals surface area contributed by atoms with Gasteiger partial charge in [-0.05, 0) is 69.2 Å². The number of aryl methyl sites for hydroxylation is 1. The van der Waals surface area contributed by atoms with Crippen LogP contribution < -0.4 is 0 Å². The Bertz CT molecular complexity index is 1040. The second-order valence-corrected chi connectivity index (χ2v) is 9.55. The van der Waals surface area contributed by atoms with Crippen molar-refractivity contribution in [3.8, 4) is 11.8 Å². The summed E-state index contributed by atoms with van der Waals surface area (Å²) in [7, 11) is 0. The normalized spacial score (nSPS) is 25.2. The Morgan fingerprint density at radius 1 is 1.25 bits per heavy atom. The number of nitrogens with zero attached hydrogens (tertiary/aromatic N) is 4. The van der Waals surface area contributed by atoms with Crippen molar-refractivity contribution < 1.29 is 4.74 Å². The predicted octanol–water partition coefficient (Wildman–Crippen LogP) is 5.77. The molecule has 0 saturated carbocycles. The average molecular weight is 431 g/mol. The van der Waals surface area contributed by atoms with Crippen LogP contribution in [0.5, 0.6) is 0 Å². The van der Waals surface area contributed by atoms with Crippen molar-refractivity contribution in [3.05, 3.63) is 47.3 Å². The minimum absolute atomic E-state index is 0.0618. The molecule has 2 aliphatic rings. The number of aromatic nitrogens is 3. The van der Waals surface area contributed by atoms with Crippen LogP contribution in [0.4, 0.5) is 5.69 Å². The lowest BCUT2D eigenvalue weighted by molar-refractivity contribution is 0.0320. The van der Waals surface area contributed by atoms with Gasteiger partial charge < -0.3 is 4.74 Å². The summed E-state index contributed by atoms with van der Waals surface area (Å²) in [6, 6.07) is 6.42. The van der Waals surface area contributed by atoms with Gasteiger partial charge in [0, 0.05) is 30.2 Å². The Morgan fingerprint density at radius 3 is 2.91 bits per heavy atom. The summed E-state index contributed by atoms with van der Waals surface area (Å²) in [5.74, 6) is 9.10. The number of rotatable bonds is 4. The summed E-state index contributed by atoms with van der Waals surface area (Å²) in [6.45, 7) is 10.3. The maximum Gasteiger partial charge on any atom is 0.136 e. The molecule has 0 amide bonds. The van der Waals surface area contributed by atoms with Gasteiger partial charge in [-0.1, -0.05) is 32.1 Å². The molecule has 0 spiro atoms. The Kier molecular flexibility index (Phi) is 7.01. The second kappa shape index (κ2) is 9.92. The Morgan fingerprint density at radius 2 is 2.12 bits per heavy atom. The molecule has 0 N–H and O–H groups in total. The van der Waals surface area contributed by atoms with Crippen molar-refractivity contribution in [2.45, 2.75) is 78.1 Å². The second-order valence-electron chi connectivity index (χ2n) is 9.55. The average Bonchev–Trinajstić information content (AvgIpc) is 2.93. The first-order valence-corrected chi connectivity index (χ1v) is 11.9. The number of aliphatic imine (C=N–C) groups is 1. The van der Waals surface area contributed by atoms with Gasteiger partial charge in [0.15, 0.2) is 0 Å². The lowest BCUT2D eigenvalue weighted by Crippen LogP contribution is -2.27. The van der Waals surface area contributed by atoms with Gasteiger partial charge in [0.2, 0.25) is 0 Å². The van der Waals surface area contributed by atoms with Crippen LogP contribution in [0.3, 0.4) is 0 Å². The molecule has 0 aliphatic carbocycles. The number of benzene rings is 1. The summed E-state index contributed by atoms with van der Waals surface area (Å²) in [4.78, 5) is 18.7. The molecule has 3 heterocycles. The summed E-state index contributed by atoms with van der Waals surface area (Å²) in [6.07, 6.45) is 7.82. The fourth-order valence-corrected chi connectivity index (χ4v) is 4.61. The van der Waals surface area contributed by atoms with Crippen LogP contribution in [0.1, 0.15) is 94.4 Å². The van der Waals surface area contributed by atoms with Gasteiger partial charge in [0.1, 0.15) is 18.0 Å². The third-order valence-corrected chi connectivity index (χ3v) is 6.62. The standard InChI is InChI=1S/C27H34N4O/c1-5-6-8-25-28-18-29-26(31-25)23-15-19(2)30-24-10-9-21(16-22(24)20(23)3)11-13-27(4)12-7-14-32-17-27/h9-10,16,18,20,23H,5-8,12,14-15,17H2,1-4H3. The molecular formula is C27H34N4O. The van der Waals surface area contributed by atoms with Gasteiger partial charge in [-0.2, -0.15) is 0 Å². The molecule has 168 valence electrons. The van der Waals surface area contributed by atoms with Gasteiger partial charge in [0.25, 0.3) is 0 Å². The quantitative estimate of drug-likeness (QED) is 0.578. The summed E-state index contributed by atoms with van der Waals surface area (Å²) in [5, 5.41) is 0. The first-order valence-electron chi connectivity index (χ1n) is 11.9. The number of unbranched alkanes of at least 4 members (excludes halogenated alkanes) is 1. The van der Waals surface area contributed by atoms with Crippen LogP contribution in [0.15, 0.2) is 29.5 Å². The van der Waals surface area contributed by atoms with Crippen LogP contribution in [-0.4, -0.2) is 33.9 Å². The molecular weight excluding hydrogens is 396 g/mol. The van der Waals surface area contributed by atoms with Crippen molar-refractivity contribution >= 4 is 11.4 Å². The molecule has 32 heavy (non-hydrogen) atoms. The van der Waals surface area contributed by atoms with Gasteiger partial charge >= 0.3 is 0 Å². The molecule has 3 atom stereocenters. The predicted molar refractivity (Wildman–Crippen MR) is 128 cm³/mol. The highest BCUT2D eigenvalue weighted by atomic mass is 16.5. The monoisotopic (exact) mass is 430 g/mol. The van der Waals surface area contributed by atoms with Crippen molar-refractivity contribution in [3.63, 3.8) is 0 Å². The number of ether oxygens (including phenoxy) is 1. The molecule has 2 aliphatic heterocycles. The van der Waals surface area contributed by atoms with E-state index in [0.29, 0.717) is 6.61 Å². The molecule has 1 aromatic heterocycles. The zero-order valence-corrected chi connectivity index (χ0v) is 19.8. The molecule has 1 aromatic carbocycles. The molecule has 3 unspecified atom stereocenters. The van der Waals surface area contributed by atoms with E-state index in [2.05, 4.69) is 67.7 Å². The number of hydrogen-bond donors (Lipinski definition) is 0. The van der Waals surface area contributed by atoms with E-state index in [1.54, 1.807) is 6.33 Å². The SMILES string of the molecule is CCCCc1ncnc(C2CC(C)=Nc3ccc(C#CC4(C)CCCOC4)cc3C2C)n1. The Hall–Kier alpha value is -2.58. The fourth-order valence-electron chi connectivity index (χ4n) is 4.61. The van der Waals surface area contributed by atoms with Crippen LogP contribution in [0.25, 0.3) is 0 Å².